The van der Waals surface area contributed by atoms with Crippen LogP contribution in [0.3, 0.4) is 0 Å². The van der Waals surface area contributed by atoms with E-state index in [1.807, 2.05) is 0 Å². The van der Waals surface area contributed by atoms with Gasteiger partial charge in [0.25, 0.3) is 0 Å². The first kappa shape index (κ1) is 11.0. The Morgan fingerprint density at radius 2 is 2.12 bits per heavy atom. The van der Waals surface area contributed by atoms with Gasteiger partial charge < -0.3 is 10.5 Å². The third kappa shape index (κ3) is 1.90. The van der Waals surface area contributed by atoms with Gasteiger partial charge in [0, 0.05) is 12.4 Å². The smallest absolute Gasteiger partial charge is 0.341 e. The quantitative estimate of drug-likeness (QED) is 0.770. The number of carbonyl (C=O) groups excluding carboxylic acids is 1. The minimum absolute atomic E-state index is 0.349. The molecule has 0 spiro atoms. The van der Waals surface area contributed by atoms with Crippen molar-refractivity contribution in [2.45, 2.75) is 31.7 Å². The molecule has 5 nitrogen and oxygen atoms in total. The lowest BCUT2D eigenvalue weighted by molar-refractivity contribution is 0.0525. The second-order valence-electron chi connectivity index (χ2n) is 4.03. The van der Waals surface area contributed by atoms with Crippen LogP contribution >= 0.6 is 0 Å². The highest BCUT2D eigenvalue weighted by Gasteiger charge is 2.37. The van der Waals surface area contributed by atoms with Gasteiger partial charge in [-0.2, -0.15) is 0 Å². The molecule has 2 N–H and O–H groups in total. The summed E-state index contributed by atoms with van der Waals surface area (Å²) in [7, 11) is 0. The summed E-state index contributed by atoms with van der Waals surface area (Å²) in [5.74, 6) is 0.223. The Hall–Kier alpha value is -1.49. The molecule has 0 bridgehead atoms. The molecule has 2 rings (SSSR count). The van der Waals surface area contributed by atoms with Crippen LogP contribution < -0.4 is 5.73 Å². The zero-order chi connectivity index (χ0) is 11.6. The summed E-state index contributed by atoms with van der Waals surface area (Å²) in [6, 6.07) is 0. The number of hydrogen-bond acceptors (Lipinski definition) is 5. The van der Waals surface area contributed by atoms with Crippen LogP contribution in [0.2, 0.25) is 0 Å². The van der Waals surface area contributed by atoms with Crippen molar-refractivity contribution >= 4 is 5.97 Å². The van der Waals surface area contributed by atoms with E-state index in [1.54, 1.807) is 6.92 Å². The van der Waals surface area contributed by atoms with E-state index in [-0.39, 0.29) is 5.54 Å². The maximum Gasteiger partial charge on any atom is 0.341 e. The van der Waals surface area contributed by atoms with Gasteiger partial charge in [0.2, 0.25) is 0 Å². The largest absolute Gasteiger partial charge is 0.462 e. The van der Waals surface area contributed by atoms with Crippen LogP contribution in [0, 0.1) is 0 Å². The van der Waals surface area contributed by atoms with Crippen molar-refractivity contribution in [3.63, 3.8) is 0 Å². The van der Waals surface area contributed by atoms with Crippen molar-refractivity contribution in [2.75, 3.05) is 6.61 Å². The first-order valence-electron chi connectivity index (χ1n) is 5.44. The molecule has 1 aliphatic carbocycles. The van der Waals surface area contributed by atoms with Gasteiger partial charge in [0.05, 0.1) is 17.7 Å². The molecule has 0 unspecified atom stereocenters. The van der Waals surface area contributed by atoms with Crippen LogP contribution in [-0.2, 0) is 10.3 Å². The molecular weight excluding hydrogens is 206 g/mol. The maximum atomic E-state index is 11.4. The van der Waals surface area contributed by atoms with Gasteiger partial charge in [0.1, 0.15) is 5.82 Å². The molecule has 1 aliphatic rings. The lowest BCUT2D eigenvalue weighted by atomic mass is 9.77. The van der Waals surface area contributed by atoms with E-state index < -0.39 is 5.97 Å². The van der Waals surface area contributed by atoms with E-state index >= 15 is 0 Å². The van der Waals surface area contributed by atoms with Gasteiger partial charge in [0.15, 0.2) is 0 Å². The summed E-state index contributed by atoms with van der Waals surface area (Å²) in [6.07, 6.45) is 5.89. The van der Waals surface area contributed by atoms with Crippen molar-refractivity contribution in [1.82, 2.24) is 9.97 Å². The van der Waals surface area contributed by atoms with E-state index in [2.05, 4.69) is 9.97 Å². The predicted molar refractivity (Wildman–Crippen MR) is 57.7 cm³/mol. The number of nitrogens with two attached hydrogens (primary N) is 1. The van der Waals surface area contributed by atoms with Crippen molar-refractivity contribution in [1.29, 1.82) is 0 Å². The zero-order valence-electron chi connectivity index (χ0n) is 9.27. The summed E-state index contributed by atoms with van der Waals surface area (Å²) >= 11 is 0. The van der Waals surface area contributed by atoms with Crippen molar-refractivity contribution in [3.05, 3.63) is 23.8 Å². The molecule has 1 aromatic heterocycles. The lowest BCUT2D eigenvalue weighted by Crippen LogP contribution is -2.44. The Kier molecular flexibility index (Phi) is 2.87. The maximum absolute atomic E-state index is 11.4. The van der Waals surface area contributed by atoms with Gasteiger partial charge in [-0.25, -0.2) is 14.8 Å². The molecule has 5 heteroatoms. The molecule has 0 atom stereocenters. The number of hydrogen-bond donors (Lipinski definition) is 1. The summed E-state index contributed by atoms with van der Waals surface area (Å²) in [6.45, 7) is 2.11. The Labute approximate surface area is 94.0 Å². The molecule has 1 heterocycles. The van der Waals surface area contributed by atoms with E-state index in [1.165, 1.54) is 12.4 Å². The van der Waals surface area contributed by atoms with Gasteiger partial charge in [-0.15, -0.1) is 0 Å². The van der Waals surface area contributed by atoms with Crippen molar-refractivity contribution < 1.29 is 9.53 Å². The Bertz CT molecular complexity index is 385. The minimum atomic E-state index is -0.395. The summed E-state index contributed by atoms with van der Waals surface area (Å²) in [5.41, 5.74) is 6.06. The van der Waals surface area contributed by atoms with Gasteiger partial charge in [-0.05, 0) is 26.2 Å². The molecule has 0 radical (unpaired) electrons. The predicted octanol–water partition coefficient (Wildman–Crippen LogP) is 0.991. The number of aromatic nitrogens is 2. The zero-order valence-corrected chi connectivity index (χ0v) is 9.27. The van der Waals surface area contributed by atoms with Crippen LogP contribution in [-0.4, -0.2) is 22.5 Å². The fraction of sp³-hybridized carbons (Fsp3) is 0.545. The molecule has 16 heavy (non-hydrogen) atoms. The highest BCUT2D eigenvalue weighted by Crippen LogP contribution is 2.36. The Balaban J connectivity index is 2.13. The fourth-order valence-electron chi connectivity index (χ4n) is 1.69. The summed E-state index contributed by atoms with van der Waals surface area (Å²) in [5, 5.41) is 0. The van der Waals surface area contributed by atoms with Gasteiger partial charge >= 0.3 is 5.97 Å². The number of rotatable bonds is 3. The lowest BCUT2D eigenvalue weighted by Gasteiger charge is -2.36. The van der Waals surface area contributed by atoms with Gasteiger partial charge in [-0.1, -0.05) is 0 Å². The van der Waals surface area contributed by atoms with Crippen molar-refractivity contribution in [2.24, 2.45) is 5.73 Å². The molecular formula is C11H15N3O2. The number of nitrogens with zero attached hydrogens (tertiary/aromatic N) is 2. The molecule has 0 aliphatic heterocycles. The second-order valence-corrected chi connectivity index (χ2v) is 4.03. The molecule has 0 aromatic carbocycles. The SMILES string of the molecule is CCOC(=O)c1cnc(C2(N)CCC2)nc1. The van der Waals surface area contributed by atoms with Crippen LogP contribution in [0.1, 0.15) is 42.4 Å². The van der Waals surface area contributed by atoms with Gasteiger partial charge in [-0.3, -0.25) is 0 Å². The molecule has 0 amide bonds. The Morgan fingerprint density at radius 3 is 2.56 bits per heavy atom. The molecule has 1 fully saturated rings. The minimum Gasteiger partial charge on any atom is -0.462 e. The van der Waals surface area contributed by atoms with Crippen molar-refractivity contribution in [3.8, 4) is 0 Å². The number of carbonyl (C=O) groups is 1. The molecule has 0 saturated heterocycles. The average molecular weight is 221 g/mol. The standard InChI is InChI=1S/C11H15N3O2/c1-2-16-9(15)8-6-13-10(14-7-8)11(12)4-3-5-11/h6-7H,2-5,12H2,1H3. The van der Waals surface area contributed by atoms with E-state index in [0.717, 1.165) is 19.3 Å². The van der Waals surface area contributed by atoms with Crippen LogP contribution in [0.4, 0.5) is 0 Å². The molecule has 1 aromatic rings. The highest BCUT2D eigenvalue weighted by molar-refractivity contribution is 5.88. The first-order valence-corrected chi connectivity index (χ1v) is 5.44. The monoisotopic (exact) mass is 221 g/mol. The van der Waals surface area contributed by atoms with E-state index in [9.17, 15) is 4.79 Å². The van der Waals surface area contributed by atoms with E-state index in [0.29, 0.717) is 18.0 Å². The summed E-state index contributed by atoms with van der Waals surface area (Å²) in [4.78, 5) is 19.6. The second kappa shape index (κ2) is 4.17. The topological polar surface area (TPSA) is 78.1 Å². The third-order valence-corrected chi connectivity index (χ3v) is 2.85. The average Bonchev–Trinajstić information content (AvgIpc) is 2.26. The first-order chi connectivity index (χ1) is 7.65. The van der Waals surface area contributed by atoms with Crippen LogP contribution in [0.15, 0.2) is 12.4 Å². The van der Waals surface area contributed by atoms with Crippen LogP contribution in [0.5, 0.6) is 0 Å². The van der Waals surface area contributed by atoms with Crippen LogP contribution in [0.25, 0.3) is 0 Å². The summed E-state index contributed by atoms with van der Waals surface area (Å²) < 4.78 is 4.84. The van der Waals surface area contributed by atoms with E-state index in [4.69, 9.17) is 10.5 Å². The normalized spacial score (nSPS) is 17.6. The number of ether oxygens (including phenoxy) is 1. The third-order valence-electron chi connectivity index (χ3n) is 2.85. The number of esters is 1. The fourth-order valence-corrected chi connectivity index (χ4v) is 1.69. The molecule has 1 saturated carbocycles. The molecule has 86 valence electrons. The Morgan fingerprint density at radius 1 is 1.50 bits per heavy atom. The highest BCUT2D eigenvalue weighted by atomic mass is 16.5.